The number of nitrogen functional groups attached to an aromatic ring is 2. The molecule has 0 spiro atoms. The van der Waals surface area contributed by atoms with Crippen LogP contribution in [0.2, 0.25) is 0 Å². The highest BCUT2D eigenvalue weighted by Gasteiger charge is 2.21. The minimum Gasteiger partial charge on any atom is -0.474 e. The van der Waals surface area contributed by atoms with Crippen LogP contribution in [0.3, 0.4) is 0 Å². The molecule has 1 saturated carbocycles. The second-order valence-corrected chi connectivity index (χ2v) is 4.71. The molecule has 0 radical (unpaired) electrons. The molecule has 1 heterocycles. The molecule has 0 saturated heterocycles. The predicted molar refractivity (Wildman–Crippen MR) is 67.5 cm³/mol. The van der Waals surface area contributed by atoms with Crippen LogP contribution in [0, 0.1) is 5.92 Å². The number of nitrogens with zero attached hydrogens (tertiary/aromatic N) is 2. The summed E-state index contributed by atoms with van der Waals surface area (Å²) in [6.45, 7) is 2.09. The van der Waals surface area contributed by atoms with Crippen LogP contribution < -0.4 is 16.2 Å². The molecule has 0 bridgehead atoms. The van der Waals surface area contributed by atoms with Crippen molar-refractivity contribution in [3.8, 4) is 5.88 Å². The van der Waals surface area contributed by atoms with Gasteiger partial charge in [-0.1, -0.05) is 19.3 Å². The van der Waals surface area contributed by atoms with Gasteiger partial charge >= 0.3 is 0 Å². The molecule has 5 nitrogen and oxygen atoms in total. The van der Waals surface area contributed by atoms with Gasteiger partial charge in [-0.15, -0.1) is 0 Å². The summed E-state index contributed by atoms with van der Waals surface area (Å²) in [4.78, 5) is 7.85. The average Bonchev–Trinajstić information content (AvgIpc) is 2.28. The summed E-state index contributed by atoms with van der Waals surface area (Å²) < 4.78 is 5.80. The molecule has 17 heavy (non-hydrogen) atoms. The van der Waals surface area contributed by atoms with E-state index in [1.807, 2.05) is 0 Å². The Bertz CT molecular complexity index is 357. The molecule has 0 aromatic carbocycles. The SMILES string of the molecule is CC(Oc1cc(N)nc(N)n1)C1CCCCC1. The second kappa shape index (κ2) is 5.21. The first kappa shape index (κ1) is 12.0. The van der Waals surface area contributed by atoms with E-state index in [-0.39, 0.29) is 12.1 Å². The van der Waals surface area contributed by atoms with Crippen molar-refractivity contribution in [3.63, 3.8) is 0 Å². The van der Waals surface area contributed by atoms with E-state index in [1.165, 1.54) is 32.1 Å². The van der Waals surface area contributed by atoms with E-state index in [2.05, 4.69) is 16.9 Å². The summed E-state index contributed by atoms with van der Waals surface area (Å²) in [6.07, 6.45) is 6.56. The fourth-order valence-corrected chi connectivity index (χ4v) is 2.41. The van der Waals surface area contributed by atoms with Crippen molar-refractivity contribution >= 4 is 11.8 Å². The monoisotopic (exact) mass is 236 g/mol. The van der Waals surface area contributed by atoms with Crippen LogP contribution >= 0.6 is 0 Å². The maximum Gasteiger partial charge on any atom is 0.225 e. The third-order valence-electron chi connectivity index (χ3n) is 3.36. The molecule has 1 unspecified atom stereocenters. The summed E-state index contributed by atoms with van der Waals surface area (Å²) in [5.74, 6) is 1.61. The van der Waals surface area contributed by atoms with Gasteiger partial charge in [0.25, 0.3) is 0 Å². The van der Waals surface area contributed by atoms with E-state index in [9.17, 15) is 0 Å². The lowest BCUT2D eigenvalue weighted by Crippen LogP contribution is -2.26. The molecule has 0 aliphatic heterocycles. The van der Waals surface area contributed by atoms with Crippen LogP contribution in [-0.4, -0.2) is 16.1 Å². The lowest BCUT2D eigenvalue weighted by Gasteiger charge is -2.27. The molecule has 2 rings (SSSR count). The van der Waals surface area contributed by atoms with E-state index in [0.29, 0.717) is 17.6 Å². The molecular formula is C12H20N4O. The van der Waals surface area contributed by atoms with Gasteiger partial charge in [-0.25, -0.2) is 0 Å². The Kier molecular flexibility index (Phi) is 3.66. The smallest absolute Gasteiger partial charge is 0.225 e. The average molecular weight is 236 g/mol. The Morgan fingerprint density at radius 2 is 1.94 bits per heavy atom. The van der Waals surface area contributed by atoms with E-state index in [0.717, 1.165) is 0 Å². The fourth-order valence-electron chi connectivity index (χ4n) is 2.41. The molecule has 1 fully saturated rings. The Balaban J connectivity index is 1.99. The summed E-state index contributed by atoms with van der Waals surface area (Å²) in [7, 11) is 0. The number of rotatable bonds is 3. The highest BCUT2D eigenvalue weighted by atomic mass is 16.5. The van der Waals surface area contributed by atoms with E-state index >= 15 is 0 Å². The van der Waals surface area contributed by atoms with Crippen molar-refractivity contribution in [2.75, 3.05) is 11.5 Å². The van der Waals surface area contributed by atoms with Gasteiger partial charge in [0.15, 0.2) is 0 Å². The van der Waals surface area contributed by atoms with Crippen molar-refractivity contribution in [3.05, 3.63) is 6.07 Å². The van der Waals surface area contributed by atoms with Crippen molar-refractivity contribution in [2.24, 2.45) is 5.92 Å². The number of anilines is 2. The van der Waals surface area contributed by atoms with E-state index in [4.69, 9.17) is 16.2 Å². The summed E-state index contributed by atoms with van der Waals surface area (Å²) in [6, 6.07) is 1.62. The van der Waals surface area contributed by atoms with Crippen molar-refractivity contribution in [2.45, 2.75) is 45.1 Å². The first-order chi connectivity index (χ1) is 8.15. The van der Waals surface area contributed by atoms with Crippen LogP contribution in [0.1, 0.15) is 39.0 Å². The zero-order valence-electron chi connectivity index (χ0n) is 10.2. The van der Waals surface area contributed by atoms with Gasteiger partial charge in [-0.3, -0.25) is 0 Å². The van der Waals surface area contributed by atoms with Crippen LogP contribution in [0.15, 0.2) is 6.07 Å². The third-order valence-corrected chi connectivity index (χ3v) is 3.36. The van der Waals surface area contributed by atoms with Crippen LogP contribution in [0.5, 0.6) is 5.88 Å². The number of hydrogen-bond donors (Lipinski definition) is 2. The predicted octanol–water partition coefficient (Wildman–Crippen LogP) is 1.99. The van der Waals surface area contributed by atoms with E-state index in [1.54, 1.807) is 6.07 Å². The van der Waals surface area contributed by atoms with Gasteiger partial charge in [0.2, 0.25) is 11.8 Å². The molecule has 0 amide bonds. The zero-order valence-corrected chi connectivity index (χ0v) is 10.2. The number of nitrogens with two attached hydrogens (primary N) is 2. The highest BCUT2D eigenvalue weighted by Crippen LogP contribution is 2.28. The van der Waals surface area contributed by atoms with Gasteiger partial charge in [0, 0.05) is 6.07 Å². The van der Waals surface area contributed by atoms with Crippen LogP contribution in [0.4, 0.5) is 11.8 Å². The Hall–Kier alpha value is -1.52. The first-order valence-electron chi connectivity index (χ1n) is 6.22. The summed E-state index contributed by atoms with van der Waals surface area (Å²) >= 11 is 0. The van der Waals surface area contributed by atoms with Crippen molar-refractivity contribution < 1.29 is 4.74 Å². The van der Waals surface area contributed by atoms with Gasteiger partial charge in [0.1, 0.15) is 11.9 Å². The quantitative estimate of drug-likeness (QED) is 0.838. The molecular weight excluding hydrogens is 216 g/mol. The summed E-state index contributed by atoms with van der Waals surface area (Å²) in [5.41, 5.74) is 11.1. The van der Waals surface area contributed by atoms with Gasteiger partial charge in [-0.05, 0) is 25.7 Å². The number of aromatic nitrogens is 2. The fraction of sp³-hybridized carbons (Fsp3) is 0.667. The topological polar surface area (TPSA) is 87.0 Å². The zero-order chi connectivity index (χ0) is 12.3. The second-order valence-electron chi connectivity index (χ2n) is 4.71. The highest BCUT2D eigenvalue weighted by molar-refractivity contribution is 5.38. The van der Waals surface area contributed by atoms with Gasteiger partial charge in [0.05, 0.1) is 0 Å². The maximum absolute atomic E-state index is 5.80. The minimum absolute atomic E-state index is 0.156. The van der Waals surface area contributed by atoms with Gasteiger partial charge < -0.3 is 16.2 Å². The van der Waals surface area contributed by atoms with Crippen molar-refractivity contribution in [1.82, 2.24) is 9.97 Å². The molecule has 94 valence electrons. The molecule has 1 aromatic heterocycles. The lowest BCUT2D eigenvalue weighted by molar-refractivity contribution is 0.118. The molecule has 1 aliphatic carbocycles. The molecule has 1 aromatic rings. The first-order valence-corrected chi connectivity index (χ1v) is 6.22. The normalized spacial score (nSPS) is 18.9. The van der Waals surface area contributed by atoms with Gasteiger partial charge in [-0.2, -0.15) is 9.97 Å². The molecule has 1 atom stereocenters. The number of hydrogen-bond acceptors (Lipinski definition) is 5. The lowest BCUT2D eigenvalue weighted by atomic mass is 9.86. The standard InChI is InChI=1S/C12H20N4O/c1-8(9-5-3-2-4-6-9)17-11-7-10(13)15-12(14)16-11/h7-9H,2-6H2,1H3,(H4,13,14,15,16). The van der Waals surface area contributed by atoms with Crippen LogP contribution in [-0.2, 0) is 0 Å². The molecule has 4 N–H and O–H groups in total. The summed E-state index contributed by atoms with van der Waals surface area (Å²) in [5, 5.41) is 0. The largest absolute Gasteiger partial charge is 0.474 e. The minimum atomic E-state index is 0.156. The molecule has 5 heteroatoms. The Morgan fingerprint density at radius 1 is 1.24 bits per heavy atom. The Labute approximate surface area is 102 Å². The van der Waals surface area contributed by atoms with Crippen molar-refractivity contribution in [1.29, 1.82) is 0 Å². The number of ether oxygens (including phenoxy) is 1. The Morgan fingerprint density at radius 3 is 2.59 bits per heavy atom. The van der Waals surface area contributed by atoms with E-state index < -0.39 is 0 Å². The maximum atomic E-state index is 5.80. The molecule has 1 aliphatic rings. The third kappa shape index (κ3) is 3.22. The van der Waals surface area contributed by atoms with Crippen LogP contribution in [0.25, 0.3) is 0 Å².